The predicted octanol–water partition coefficient (Wildman–Crippen LogP) is 32.5. The van der Waals surface area contributed by atoms with Crippen LogP contribution >= 0.6 is 410 Å². The molecule has 468 valence electrons. The van der Waals surface area contributed by atoms with E-state index in [2.05, 4.69) is 246 Å². The number of hydrogen-bond donors (Lipinski definition) is 1. The molecule has 2 aliphatic rings. The number of nitrogens with zero attached hydrogens (tertiary/aromatic N) is 1. The van der Waals surface area contributed by atoms with Gasteiger partial charge in [-0.3, -0.25) is 4.79 Å². The summed E-state index contributed by atoms with van der Waals surface area (Å²) in [5.41, 5.74) is 2.32. The molecule has 0 aliphatic carbocycles. The number of amides is 3. The van der Waals surface area contributed by atoms with Crippen LogP contribution in [0.4, 0.5) is 9.59 Å². The van der Waals surface area contributed by atoms with Crippen LogP contribution in [-0.2, 0) is 27.1 Å². The number of imide groups is 1. The fourth-order valence-corrected chi connectivity index (χ4v) is 655. The van der Waals surface area contributed by atoms with Gasteiger partial charge in [0.05, 0.1) is 12.1 Å². The second-order valence-corrected chi connectivity index (χ2v) is 217. The number of benzene rings is 2. The predicted molar refractivity (Wildman–Crippen MR) is 540 cm³/mol. The number of nitrogens with one attached hydrogen (secondary N) is 1. The van der Waals surface area contributed by atoms with Crippen molar-refractivity contribution in [2.24, 2.45) is 0 Å². The van der Waals surface area contributed by atoms with Gasteiger partial charge in [0.2, 0.25) is 5.91 Å². The third-order valence-corrected chi connectivity index (χ3v) is 337. The first-order valence-electron chi connectivity index (χ1n) is 21.5. The molecule has 2 heterocycles. The standard InChI is InChI=1S/C13H15NO3.C10H11NO2.H28P26.H27P25/c1-2-12(15)14-11(9-17-13(14)16)8-10-6-4-3-5-7-10;12-10-11-9(7-13-10)6-8-4-2-1-3-5-8;1-15(2)22(16(3)4)25(21(13)14)26(23(17(5)6)18(7)8)24(19(9)10)20(11)12;1-14-21(15(2)3)24(20(12)13)25(22(16(4)5)17(6)7)23(18(8)9)19(10)11/h3-7,11H,2,8-9H2,1H3;1-5,9H,6-7H2,(H,11,12);1-14H2;14H,1-13H2/t11-;9-;;/m11../s1. The Hall–Kier alpha value is 18.6. The maximum Gasteiger partial charge on any atom is 0.416 e. The largest absolute Gasteiger partial charge is 0.447 e. The molecule has 31 unspecified atom stereocenters. The van der Waals surface area contributed by atoms with Gasteiger partial charge in [-0.2, -0.15) is 0 Å². The Balaban J connectivity index is 0.000000555. The molecule has 2 saturated heterocycles. The van der Waals surface area contributed by atoms with Crippen molar-refractivity contribution in [3.05, 3.63) is 71.8 Å². The van der Waals surface area contributed by atoms with Crippen molar-refractivity contribution in [1.29, 1.82) is 0 Å². The molecule has 2 aliphatic heterocycles. The summed E-state index contributed by atoms with van der Waals surface area (Å²) in [5.74, 6) is -0.173. The number of hydrogen-bond acceptors (Lipinski definition) is 5. The van der Waals surface area contributed by atoms with Crippen LogP contribution in [0.3, 0.4) is 0 Å². The van der Waals surface area contributed by atoms with Gasteiger partial charge in [-0.05, 0) is 185 Å². The molecule has 4 rings (SSSR count). The molecule has 0 saturated carbocycles. The lowest BCUT2D eigenvalue weighted by molar-refractivity contribution is -0.128. The Morgan fingerprint density at radius 1 is 0.457 bits per heavy atom. The number of carbonyl (C=O) groups excluding carboxylic acids is 3. The van der Waals surface area contributed by atoms with E-state index in [1.807, 2.05) is 60.7 Å². The third-order valence-electron chi connectivity index (χ3n) is 9.01. The van der Waals surface area contributed by atoms with Crippen molar-refractivity contribution < 1.29 is 23.9 Å². The fourth-order valence-electron chi connectivity index (χ4n) is 6.09. The highest BCUT2D eigenvalue weighted by molar-refractivity contribution is 9.43. The minimum absolute atomic E-state index is 0.00618. The maximum absolute atomic E-state index is 11.7. The van der Waals surface area contributed by atoms with Gasteiger partial charge in [0.25, 0.3) is 0 Å². The van der Waals surface area contributed by atoms with E-state index >= 15 is 0 Å². The molecule has 33 atom stereocenters. The molecule has 81 heavy (non-hydrogen) atoms. The average Bonchev–Trinajstić information content (AvgIpc) is 3.94. The van der Waals surface area contributed by atoms with E-state index in [4.69, 9.17) is 9.47 Å². The van der Waals surface area contributed by atoms with Crippen LogP contribution in [-0.4, -0.2) is 48.3 Å². The van der Waals surface area contributed by atoms with Gasteiger partial charge in [0, 0.05) is 6.42 Å². The Morgan fingerprint density at radius 3 is 1.06 bits per heavy atom. The van der Waals surface area contributed by atoms with Crippen LogP contribution in [0.15, 0.2) is 60.7 Å². The number of rotatable bonds is 27. The van der Waals surface area contributed by atoms with Crippen molar-refractivity contribution in [1.82, 2.24) is 10.2 Å². The summed E-state index contributed by atoms with van der Waals surface area (Å²) >= 11 is 0. The van der Waals surface area contributed by atoms with Crippen LogP contribution < -0.4 is 5.32 Å². The smallest absolute Gasteiger partial charge is 0.416 e. The van der Waals surface area contributed by atoms with Crippen molar-refractivity contribution in [3.63, 3.8) is 0 Å². The lowest BCUT2D eigenvalue weighted by atomic mass is 10.1. The summed E-state index contributed by atoms with van der Waals surface area (Å²) in [7, 11) is 88.3. The molecule has 2 aromatic rings. The molecule has 0 bridgehead atoms. The monoisotopic (exact) mass is 2050 g/mol. The van der Waals surface area contributed by atoms with Crippen molar-refractivity contribution in [2.45, 2.75) is 38.3 Å². The van der Waals surface area contributed by atoms with Crippen molar-refractivity contribution >= 4 is 428 Å². The Kier molecular flexibility index (Phi) is 66.3. The van der Waals surface area contributed by atoms with Gasteiger partial charge in [0.1, 0.15) is 13.2 Å². The molecule has 2 aromatic carbocycles. The van der Waals surface area contributed by atoms with Crippen LogP contribution in [0.2, 0.25) is 0 Å². The highest BCUT2D eigenvalue weighted by Gasteiger charge is 2.49. The fraction of sp³-hybridized carbons (Fsp3) is 0.348. The van der Waals surface area contributed by atoms with Gasteiger partial charge < -0.3 is 14.8 Å². The maximum atomic E-state index is 11.7. The molecule has 0 aromatic heterocycles. The summed E-state index contributed by atoms with van der Waals surface area (Å²) in [6.45, 7) is 3.27. The van der Waals surface area contributed by atoms with E-state index in [-0.39, 0.29) is 185 Å². The van der Waals surface area contributed by atoms with Crippen molar-refractivity contribution in [2.75, 3.05) is 13.2 Å². The number of ether oxygens (including phenoxy) is 2. The summed E-state index contributed by atoms with van der Waals surface area (Å²) in [4.78, 5) is 35.1. The number of cyclic esters (lactones) is 2. The Morgan fingerprint density at radius 2 is 0.778 bits per heavy atom. The molecule has 0 spiro atoms. The summed E-state index contributed by atoms with van der Waals surface area (Å²) in [5, 5.41) is 2.74. The molecule has 1 N–H and O–H groups in total. The van der Waals surface area contributed by atoms with Crippen molar-refractivity contribution in [3.8, 4) is 0 Å². The molecule has 7 nitrogen and oxygen atoms in total. The van der Waals surface area contributed by atoms with E-state index < -0.39 is 6.09 Å². The topological polar surface area (TPSA) is 84.9 Å². The summed E-state index contributed by atoms with van der Waals surface area (Å²) < 4.78 is 9.73. The normalized spacial score (nSPS) is 17.4. The molecule has 58 heteroatoms. The zero-order valence-corrected chi connectivity index (χ0v) is 96.1. The lowest BCUT2D eigenvalue weighted by Crippen LogP contribution is -2.39. The first-order valence-corrected chi connectivity index (χ1v) is 113. The van der Waals surface area contributed by atoms with E-state index in [0.717, 1.165) is 19.9 Å². The van der Waals surface area contributed by atoms with E-state index in [9.17, 15) is 14.4 Å². The number of carbonyl (C=O) groups is 3. The van der Waals surface area contributed by atoms with Gasteiger partial charge in [-0.15, -0.1) is 241 Å². The quantitative estimate of drug-likeness (QED) is 0.0901. The highest BCUT2D eigenvalue weighted by atomic mass is 33.5. The van der Waals surface area contributed by atoms with E-state index in [0.29, 0.717) is 26.1 Å². The van der Waals surface area contributed by atoms with Gasteiger partial charge >= 0.3 is 12.2 Å². The molecule has 3 amide bonds. The average molecular weight is 2050 g/mol. The zero-order valence-electron chi connectivity index (χ0n) is 43.3. The van der Waals surface area contributed by atoms with Crippen LogP contribution in [0.5, 0.6) is 0 Å². The van der Waals surface area contributed by atoms with Gasteiger partial charge in [-0.1, -0.05) is 75.5 Å². The summed E-state index contributed by atoms with van der Waals surface area (Å²) in [6.07, 6.45) is 0.990. The van der Waals surface area contributed by atoms with Crippen LogP contribution in [0, 0.1) is 0 Å². The van der Waals surface area contributed by atoms with Gasteiger partial charge in [0.15, 0.2) is 0 Å². The Bertz CT molecular complexity index is 1970. The minimum Gasteiger partial charge on any atom is -0.447 e. The van der Waals surface area contributed by atoms with Crippen LogP contribution in [0.1, 0.15) is 24.5 Å². The first-order chi connectivity index (χ1) is 37.7. The third kappa shape index (κ3) is 37.5. The molecular formula is C23H81N2O5P51. The second kappa shape index (κ2) is 55.0. The van der Waals surface area contributed by atoms with Gasteiger partial charge in [-0.25, -0.2) is 14.5 Å². The highest BCUT2D eigenvalue weighted by Crippen LogP contribution is 3.37. The Labute approximate surface area is 578 Å². The molecular weight excluding hydrogens is 1960 g/mol. The van der Waals surface area contributed by atoms with Crippen LogP contribution in [0.25, 0.3) is 0 Å². The lowest BCUT2D eigenvalue weighted by Gasteiger charge is -2.50. The zero-order chi connectivity index (χ0) is 62.3. The number of alkyl carbamates (subject to hydrolysis) is 1. The van der Waals surface area contributed by atoms with E-state index in [1.165, 1.54) is 10.5 Å². The molecule has 2 fully saturated rings. The minimum atomic E-state index is -0.516. The van der Waals surface area contributed by atoms with E-state index in [1.54, 1.807) is 6.92 Å². The SMILES string of the molecule is CCC(=O)N1C(=O)OC[C@H]1Cc1ccccc1.O=C1N[C@H](Cc2ccccc2)CO1.PP(P)P(P(P)P)P(P(P)P)P(P(P(P)P)P(P)P)P(P(P)P)P(P)P.PPP(P(P)P)P(P(P)P)P(P(P(P)P)P(P)P)P(P(P)P)P(P)P. The first kappa shape index (κ1) is 97.6. The summed E-state index contributed by atoms with van der Waals surface area (Å²) in [6, 6.07) is 19.8. The molecule has 0 radical (unpaired) electrons. The second-order valence-electron chi connectivity index (χ2n) is 14.9.